The van der Waals surface area contributed by atoms with Crippen LogP contribution in [0.4, 0.5) is 5.69 Å². The third-order valence-corrected chi connectivity index (χ3v) is 14.6. The van der Waals surface area contributed by atoms with E-state index in [1.807, 2.05) is 13.0 Å². The second-order valence-electron chi connectivity index (χ2n) is 15.6. The van der Waals surface area contributed by atoms with Gasteiger partial charge in [-0.25, -0.2) is 13.1 Å². The van der Waals surface area contributed by atoms with Crippen LogP contribution in [0.3, 0.4) is 0 Å². The van der Waals surface area contributed by atoms with E-state index in [0.717, 1.165) is 49.4 Å². The van der Waals surface area contributed by atoms with Gasteiger partial charge in [0, 0.05) is 48.7 Å². The molecule has 5 aliphatic rings. The quantitative estimate of drug-likeness (QED) is 0.405. The Kier molecular flexibility index (Phi) is 9.28. The number of anilines is 1. The highest BCUT2D eigenvalue weighted by Gasteiger charge is 2.50. The number of nitrogens with zero attached hydrogens (tertiary/aromatic N) is 2. The molecule has 2 fully saturated rings. The van der Waals surface area contributed by atoms with E-state index in [1.165, 1.54) is 11.1 Å². The molecule has 48 heavy (non-hydrogen) atoms. The lowest BCUT2D eigenvalue weighted by molar-refractivity contribution is -0.104. The molecule has 3 aliphatic heterocycles. The summed E-state index contributed by atoms with van der Waals surface area (Å²) in [5.41, 5.74) is 2.30. The van der Waals surface area contributed by atoms with Crippen molar-refractivity contribution in [2.24, 2.45) is 17.8 Å². The number of hydrogen-bond acceptors (Lipinski definition) is 8. The van der Waals surface area contributed by atoms with Crippen LogP contribution in [0.15, 0.2) is 36.4 Å². The monoisotopic (exact) mass is 699 g/mol. The van der Waals surface area contributed by atoms with E-state index in [2.05, 4.69) is 26.7 Å². The van der Waals surface area contributed by atoms with Crippen molar-refractivity contribution < 1.29 is 28.2 Å². The van der Waals surface area contributed by atoms with Crippen LogP contribution in [0.25, 0.3) is 0 Å². The Morgan fingerprint density at radius 3 is 2.62 bits per heavy atom. The third-order valence-electron chi connectivity index (χ3n) is 12.4. The van der Waals surface area contributed by atoms with E-state index >= 15 is 0 Å². The van der Waals surface area contributed by atoms with Crippen molar-refractivity contribution in [3.05, 3.63) is 58.1 Å². The summed E-state index contributed by atoms with van der Waals surface area (Å²) in [5, 5.41) is 22.8. The predicted octanol–water partition coefficient (Wildman–Crippen LogP) is 4.91. The predicted molar refractivity (Wildman–Crippen MR) is 187 cm³/mol. The van der Waals surface area contributed by atoms with Gasteiger partial charge in [-0.05, 0) is 118 Å². The molecule has 1 spiro atoms. The number of benzene rings is 2. The van der Waals surface area contributed by atoms with E-state index in [9.17, 15) is 23.4 Å². The number of aliphatic hydroxyl groups excluding tert-OH is 1. The SMILES string of the molecule is CC1CCC[C@@](O)(CN2CC[C@@H](O)C2)[C@@H]2CCC2CN2C[C@@]3(CCCc4cc(Cl)ccc43)COc3ccc(cc32)C(=O)NS(=O)(=O)[C@@H]1C. The van der Waals surface area contributed by atoms with Gasteiger partial charge in [0.2, 0.25) is 10.0 Å². The number of aryl methyl sites for hydroxylation is 1. The number of hydrogen-bond donors (Lipinski definition) is 3. The van der Waals surface area contributed by atoms with Gasteiger partial charge < -0.3 is 19.8 Å². The Morgan fingerprint density at radius 2 is 1.88 bits per heavy atom. The van der Waals surface area contributed by atoms with Gasteiger partial charge in [-0.15, -0.1) is 0 Å². The molecule has 0 radical (unpaired) electrons. The standard InChI is InChI=1S/C37H50ClN3O6S/c1-24-5-3-15-37(44,22-40-16-13-30(42)20-40)32-10-7-28(32)19-41-21-36(14-4-6-26-17-29(38)9-11-31(26)36)23-47-34-12-8-27(18-33(34)41)35(43)39-48(45,46)25(24)2/h8-9,11-12,17-18,24-25,28,30,32,42,44H,3-7,10,13-16,19-23H2,1-2H3,(H,39,43)/t24?,25-,28?,30-,32-,36+,37-/m1/s1. The number of carbonyl (C=O) groups excluding carboxylic acids is 1. The lowest BCUT2D eigenvalue weighted by Gasteiger charge is -2.51. The number of aliphatic hydroxyl groups is 2. The summed E-state index contributed by atoms with van der Waals surface area (Å²) >= 11 is 6.45. The Labute approximate surface area is 290 Å². The van der Waals surface area contributed by atoms with Gasteiger partial charge in [0.1, 0.15) is 5.75 Å². The largest absolute Gasteiger partial charge is 0.490 e. The Hall–Kier alpha value is -2.37. The van der Waals surface area contributed by atoms with Crippen LogP contribution in [0.5, 0.6) is 5.75 Å². The Bertz CT molecular complexity index is 1660. The topological polar surface area (TPSA) is 119 Å². The molecular formula is C37H50ClN3O6S. The minimum Gasteiger partial charge on any atom is -0.490 e. The fourth-order valence-corrected chi connectivity index (χ4v) is 10.8. The minimum atomic E-state index is -3.95. The van der Waals surface area contributed by atoms with E-state index < -0.39 is 26.8 Å². The van der Waals surface area contributed by atoms with Gasteiger partial charge >= 0.3 is 0 Å². The molecule has 7 atom stereocenters. The highest BCUT2D eigenvalue weighted by atomic mass is 35.5. The van der Waals surface area contributed by atoms with Crippen LogP contribution in [-0.4, -0.2) is 85.7 Å². The molecule has 1 saturated carbocycles. The molecule has 2 unspecified atom stereocenters. The van der Waals surface area contributed by atoms with Crippen molar-refractivity contribution in [3.8, 4) is 5.75 Å². The van der Waals surface area contributed by atoms with Gasteiger partial charge in [-0.1, -0.05) is 31.0 Å². The second-order valence-corrected chi connectivity index (χ2v) is 18.0. The van der Waals surface area contributed by atoms with Crippen molar-refractivity contribution in [3.63, 3.8) is 0 Å². The molecule has 3 heterocycles. The zero-order valence-corrected chi connectivity index (χ0v) is 29.7. The van der Waals surface area contributed by atoms with E-state index in [0.29, 0.717) is 64.2 Å². The maximum atomic E-state index is 13.5. The number of halogens is 1. The summed E-state index contributed by atoms with van der Waals surface area (Å²) in [4.78, 5) is 18.1. The number of fused-ring (bicyclic) bond motifs is 4. The van der Waals surface area contributed by atoms with Crippen molar-refractivity contribution in [1.82, 2.24) is 9.62 Å². The maximum Gasteiger partial charge on any atom is 0.264 e. The van der Waals surface area contributed by atoms with Crippen molar-refractivity contribution in [2.45, 2.75) is 94.0 Å². The number of rotatable bonds is 2. The Morgan fingerprint density at radius 1 is 1.04 bits per heavy atom. The van der Waals surface area contributed by atoms with Crippen LogP contribution in [0.1, 0.15) is 86.7 Å². The molecule has 9 nitrogen and oxygen atoms in total. The van der Waals surface area contributed by atoms with Crippen LogP contribution in [-0.2, 0) is 21.9 Å². The smallest absolute Gasteiger partial charge is 0.264 e. The summed E-state index contributed by atoms with van der Waals surface area (Å²) in [5.74, 6) is 0.114. The van der Waals surface area contributed by atoms with Crippen LogP contribution in [0, 0.1) is 17.8 Å². The molecule has 11 heteroatoms. The van der Waals surface area contributed by atoms with Gasteiger partial charge in [-0.3, -0.25) is 9.69 Å². The molecular weight excluding hydrogens is 650 g/mol. The lowest BCUT2D eigenvalue weighted by Crippen LogP contribution is -2.56. The summed E-state index contributed by atoms with van der Waals surface area (Å²) in [7, 11) is -3.95. The number of nitrogens with one attached hydrogen (secondary N) is 1. The summed E-state index contributed by atoms with van der Waals surface area (Å²) in [6.45, 7) is 7.24. The zero-order valence-electron chi connectivity index (χ0n) is 28.2. The fraction of sp³-hybridized carbons (Fsp3) is 0.649. The average Bonchev–Trinajstić information content (AvgIpc) is 3.36. The van der Waals surface area contributed by atoms with Gasteiger partial charge in [-0.2, -0.15) is 0 Å². The van der Waals surface area contributed by atoms with E-state index in [4.69, 9.17) is 16.3 Å². The molecule has 2 aliphatic carbocycles. The first-order chi connectivity index (χ1) is 22.9. The zero-order chi connectivity index (χ0) is 33.8. The number of β-amino-alcohol motifs (C(OH)–C–C–N with tert-alkyl or cyclic N) is 2. The second kappa shape index (κ2) is 13.1. The van der Waals surface area contributed by atoms with Crippen LogP contribution in [0.2, 0.25) is 5.02 Å². The number of sulfonamides is 1. The molecule has 7 rings (SSSR count). The Balaban J connectivity index is 1.29. The van der Waals surface area contributed by atoms with Crippen LogP contribution < -0.4 is 14.4 Å². The van der Waals surface area contributed by atoms with E-state index in [-0.39, 0.29) is 34.8 Å². The summed E-state index contributed by atoms with van der Waals surface area (Å²) < 4.78 is 35.9. The normalized spacial score (nSPS) is 35.5. The highest BCUT2D eigenvalue weighted by molar-refractivity contribution is 7.90. The fourth-order valence-electron chi connectivity index (χ4n) is 9.31. The van der Waals surface area contributed by atoms with E-state index in [1.54, 1.807) is 25.1 Å². The third kappa shape index (κ3) is 6.48. The van der Waals surface area contributed by atoms with Crippen LogP contribution >= 0.6 is 11.6 Å². The number of likely N-dealkylation sites (tertiary alicyclic amines) is 1. The van der Waals surface area contributed by atoms with Crippen molar-refractivity contribution in [2.75, 3.05) is 44.2 Å². The maximum absolute atomic E-state index is 13.5. The molecule has 262 valence electrons. The molecule has 3 N–H and O–H groups in total. The summed E-state index contributed by atoms with van der Waals surface area (Å²) in [6.07, 6.45) is 7.03. The van der Waals surface area contributed by atoms with Gasteiger partial charge in [0.15, 0.2) is 0 Å². The average molecular weight is 700 g/mol. The molecule has 1 saturated heterocycles. The lowest BCUT2D eigenvalue weighted by atomic mass is 9.62. The van der Waals surface area contributed by atoms with Crippen molar-refractivity contribution >= 4 is 33.2 Å². The van der Waals surface area contributed by atoms with Gasteiger partial charge in [0.05, 0.1) is 29.2 Å². The minimum absolute atomic E-state index is 0.0621. The highest BCUT2D eigenvalue weighted by Crippen LogP contribution is 2.49. The number of amides is 1. The van der Waals surface area contributed by atoms with Crippen molar-refractivity contribution in [1.29, 1.82) is 0 Å². The first-order valence-electron chi connectivity index (χ1n) is 17.9. The van der Waals surface area contributed by atoms with Gasteiger partial charge in [0.25, 0.3) is 5.91 Å². The number of ether oxygens (including phenoxy) is 1. The molecule has 2 aromatic rings. The number of carbonyl (C=O) groups is 1. The molecule has 0 aromatic heterocycles. The first kappa shape index (κ1) is 34.1. The molecule has 1 amide bonds. The molecule has 2 aromatic carbocycles. The summed E-state index contributed by atoms with van der Waals surface area (Å²) in [6, 6.07) is 11.4. The molecule has 2 bridgehead atoms. The first-order valence-corrected chi connectivity index (χ1v) is 19.8.